The van der Waals surface area contributed by atoms with Crippen molar-refractivity contribution >= 4 is 11.4 Å². The number of hydrogen-bond acceptors (Lipinski definition) is 3. The van der Waals surface area contributed by atoms with Crippen LogP contribution >= 0.6 is 0 Å². The van der Waals surface area contributed by atoms with E-state index in [4.69, 9.17) is 5.73 Å². The molecule has 0 radical (unpaired) electrons. The lowest BCUT2D eigenvalue weighted by Crippen LogP contribution is -2.39. The number of anilines is 2. The fourth-order valence-corrected chi connectivity index (χ4v) is 2.43. The van der Waals surface area contributed by atoms with Crippen LogP contribution in [-0.4, -0.2) is 17.3 Å². The van der Waals surface area contributed by atoms with Gasteiger partial charge in [-0.15, -0.1) is 0 Å². The van der Waals surface area contributed by atoms with Crippen molar-refractivity contribution in [1.82, 2.24) is 0 Å². The summed E-state index contributed by atoms with van der Waals surface area (Å²) in [6.45, 7) is 2.25. The van der Waals surface area contributed by atoms with Gasteiger partial charge in [0, 0.05) is 11.4 Å². The molecule has 0 bridgehead atoms. The van der Waals surface area contributed by atoms with E-state index in [-0.39, 0.29) is 12.1 Å². The molecule has 1 aliphatic rings. The summed E-state index contributed by atoms with van der Waals surface area (Å²) in [6, 6.07) is 5.86. The van der Waals surface area contributed by atoms with Crippen LogP contribution in [0.15, 0.2) is 18.2 Å². The van der Waals surface area contributed by atoms with Gasteiger partial charge in [-0.2, -0.15) is 0 Å². The van der Waals surface area contributed by atoms with Gasteiger partial charge in [0.1, 0.15) is 0 Å². The van der Waals surface area contributed by atoms with E-state index < -0.39 is 0 Å². The molecule has 1 aromatic rings. The normalized spacial score (nSPS) is 18.6. The second-order valence-electron chi connectivity index (χ2n) is 4.84. The molecule has 4 N–H and O–H groups in total. The minimum absolute atomic E-state index is 0.126. The van der Waals surface area contributed by atoms with Crippen molar-refractivity contribution in [3.05, 3.63) is 23.8 Å². The van der Waals surface area contributed by atoms with E-state index in [0.717, 1.165) is 24.2 Å². The lowest BCUT2D eigenvalue weighted by molar-refractivity contribution is 0.214. The van der Waals surface area contributed by atoms with E-state index in [9.17, 15) is 5.11 Å². The Bertz CT molecular complexity index is 370. The highest BCUT2D eigenvalue weighted by Crippen LogP contribution is 2.34. The Hall–Kier alpha value is -1.22. The van der Waals surface area contributed by atoms with Crippen LogP contribution in [-0.2, 0) is 0 Å². The molecule has 0 aliphatic heterocycles. The Kier molecular flexibility index (Phi) is 3.06. The summed E-state index contributed by atoms with van der Waals surface area (Å²) >= 11 is 0. The van der Waals surface area contributed by atoms with Gasteiger partial charge >= 0.3 is 0 Å². The van der Waals surface area contributed by atoms with Crippen molar-refractivity contribution in [2.24, 2.45) is 0 Å². The molecule has 88 valence electrons. The third kappa shape index (κ3) is 2.14. The molecule has 0 unspecified atom stereocenters. The molecular formula is C13H20N2O. The van der Waals surface area contributed by atoms with Gasteiger partial charge in [-0.05, 0) is 37.5 Å². The Labute approximate surface area is 96.7 Å². The number of aliphatic hydroxyl groups excluding tert-OH is 1. The van der Waals surface area contributed by atoms with Crippen molar-refractivity contribution in [2.75, 3.05) is 17.7 Å². The van der Waals surface area contributed by atoms with Crippen LogP contribution in [0.5, 0.6) is 0 Å². The highest BCUT2D eigenvalue weighted by atomic mass is 16.3. The average molecular weight is 220 g/mol. The molecule has 0 saturated heterocycles. The highest BCUT2D eigenvalue weighted by Gasteiger charge is 2.33. The molecule has 0 heterocycles. The van der Waals surface area contributed by atoms with E-state index in [1.54, 1.807) is 0 Å². The first-order valence-electron chi connectivity index (χ1n) is 5.90. The van der Waals surface area contributed by atoms with Crippen molar-refractivity contribution in [2.45, 2.75) is 38.1 Å². The summed E-state index contributed by atoms with van der Waals surface area (Å²) in [5, 5.41) is 13.0. The van der Waals surface area contributed by atoms with Crippen molar-refractivity contribution in [1.29, 1.82) is 0 Å². The number of rotatable bonds is 3. The monoisotopic (exact) mass is 220 g/mol. The number of aryl methyl sites for hydroxylation is 1. The number of hydrogen-bond donors (Lipinski definition) is 3. The van der Waals surface area contributed by atoms with Crippen LogP contribution in [0.4, 0.5) is 11.4 Å². The summed E-state index contributed by atoms with van der Waals surface area (Å²) in [5.41, 5.74) is 8.65. The maximum atomic E-state index is 9.54. The van der Waals surface area contributed by atoms with Gasteiger partial charge < -0.3 is 16.2 Å². The van der Waals surface area contributed by atoms with Gasteiger partial charge in [0.15, 0.2) is 0 Å². The van der Waals surface area contributed by atoms with E-state index in [1.165, 1.54) is 18.4 Å². The lowest BCUT2D eigenvalue weighted by Gasteiger charge is -2.30. The van der Waals surface area contributed by atoms with Crippen molar-refractivity contribution < 1.29 is 5.11 Å². The van der Waals surface area contributed by atoms with Crippen LogP contribution in [0, 0.1) is 6.92 Å². The zero-order valence-electron chi connectivity index (χ0n) is 9.79. The van der Waals surface area contributed by atoms with Crippen LogP contribution < -0.4 is 11.1 Å². The summed E-state index contributed by atoms with van der Waals surface area (Å²) in [6.07, 6.45) is 4.46. The quantitative estimate of drug-likeness (QED) is 0.685. The fourth-order valence-electron chi connectivity index (χ4n) is 2.43. The lowest BCUT2D eigenvalue weighted by atomic mass is 9.97. The SMILES string of the molecule is Cc1ccc(N)cc1NC1(CO)CCCC1. The second kappa shape index (κ2) is 4.34. The largest absolute Gasteiger partial charge is 0.399 e. The molecule has 1 saturated carbocycles. The number of nitrogens with two attached hydrogens (primary N) is 1. The first-order chi connectivity index (χ1) is 7.65. The molecule has 0 amide bonds. The fraction of sp³-hybridized carbons (Fsp3) is 0.538. The topological polar surface area (TPSA) is 58.3 Å². The summed E-state index contributed by atoms with van der Waals surface area (Å²) in [4.78, 5) is 0. The Balaban J connectivity index is 2.21. The summed E-state index contributed by atoms with van der Waals surface area (Å²) in [5.74, 6) is 0. The van der Waals surface area contributed by atoms with Crippen molar-refractivity contribution in [3.8, 4) is 0 Å². The van der Waals surface area contributed by atoms with E-state index in [1.807, 2.05) is 18.2 Å². The van der Waals surface area contributed by atoms with Gasteiger partial charge in [-0.25, -0.2) is 0 Å². The molecule has 1 aromatic carbocycles. The highest BCUT2D eigenvalue weighted by molar-refractivity contribution is 5.60. The van der Waals surface area contributed by atoms with E-state index in [0.29, 0.717) is 0 Å². The number of benzene rings is 1. The van der Waals surface area contributed by atoms with Crippen molar-refractivity contribution in [3.63, 3.8) is 0 Å². The minimum Gasteiger partial charge on any atom is -0.399 e. The van der Waals surface area contributed by atoms with Gasteiger partial charge in [0.2, 0.25) is 0 Å². The Morgan fingerprint density at radius 2 is 2.06 bits per heavy atom. The minimum atomic E-state index is -0.126. The standard InChI is InChI=1S/C13H20N2O/c1-10-4-5-11(14)8-12(10)15-13(9-16)6-2-3-7-13/h4-5,8,15-16H,2-3,6-7,9,14H2,1H3. The maximum absolute atomic E-state index is 9.54. The van der Waals surface area contributed by atoms with Gasteiger partial charge in [-0.3, -0.25) is 0 Å². The average Bonchev–Trinajstić information content (AvgIpc) is 2.73. The zero-order valence-corrected chi connectivity index (χ0v) is 9.79. The second-order valence-corrected chi connectivity index (χ2v) is 4.84. The molecule has 2 rings (SSSR count). The number of nitrogen functional groups attached to an aromatic ring is 1. The summed E-state index contributed by atoms with van der Waals surface area (Å²) in [7, 11) is 0. The first-order valence-corrected chi connectivity index (χ1v) is 5.90. The van der Waals surface area contributed by atoms with Crippen LogP contribution in [0.1, 0.15) is 31.2 Å². The van der Waals surface area contributed by atoms with Gasteiger partial charge in [0.05, 0.1) is 12.1 Å². The molecule has 0 aromatic heterocycles. The molecule has 3 heteroatoms. The molecule has 1 fully saturated rings. The first kappa shape index (κ1) is 11.3. The third-order valence-corrected chi connectivity index (χ3v) is 3.52. The maximum Gasteiger partial charge on any atom is 0.0661 e. The summed E-state index contributed by atoms with van der Waals surface area (Å²) < 4.78 is 0. The van der Waals surface area contributed by atoms with Gasteiger partial charge in [-0.1, -0.05) is 18.9 Å². The predicted octanol–water partition coefficient (Wildman–Crippen LogP) is 2.29. The van der Waals surface area contributed by atoms with Crippen LogP contribution in [0.3, 0.4) is 0 Å². The predicted molar refractivity (Wildman–Crippen MR) is 67.5 cm³/mol. The van der Waals surface area contributed by atoms with Gasteiger partial charge in [0.25, 0.3) is 0 Å². The molecule has 3 nitrogen and oxygen atoms in total. The molecule has 16 heavy (non-hydrogen) atoms. The van der Waals surface area contributed by atoms with Crippen LogP contribution in [0.2, 0.25) is 0 Å². The molecule has 1 aliphatic carbocycles. The number of nitrogens with one attached hydrogen (secondary N) is 1. The third-order valence-electron chi connectivity index (χ3n) is 3.52. The Morgan fingerprint density at radius 1 is 1.38 bits per heavy atom. The number of aliphatic hydroxyl groups is 1. The van der Waals surface area contributed by atoms with E-state index in [2.05, 4.69) is 12.2 Å². The molecule has 0 atom stereocenters. The van der Waals surface area contributed by atoms with Crippen LogP contribution in [0.25, 0.3) is 0 Å². The smallest absolute Gasteiger partial charge is 0.0661 e. The molecular weight excluding hydrogens is 200 g/mol. The molecule has 0 spiro atoms. The van der Waals surface area contributed by atoms with E-state index >= 15 is 0 Å². The zero-order chi connectivity index (χ0) is 11.6. The Morgan fingerprint density at radius 3 is 2.69 bits per heavy atom.